The molecule has 3 rings (SSSR count). The fraction of sp³-hybridized carbons (Fsp3) is 0.353. The number of piperidine rings is 1. The summed E-state index contributed by atoms with van der Waals surface area (Å²) in [6.07, 6.45) is 3.17. The van der Waals surface area contributed by atoms with Crippen LogP contribution in [0.5, 0.6) is 5.88 Å². The molecule has 2 aromatic heterocycles. The van der Waals surface area contributed by atoms with Crippen molar-refractivity contribution in [2.45, 2.75) is 12.8 Å². The molecule has 1 saturated heterocycles. The van der Waals surface area contributed by atoms with Gasteiger partial charge in [0.15, 0.2) is 0 Å². The molecule has 0 saturated carbocycles. The summed E-state index contributed by atoms with van der Waals surface area (Å²) < 4.78 is 5.00. The first kappa shape index (κ1) is 16.4. The molecule has 1 atom stereocenters. The summed E-state index contributed by atoms with van der Waals surface area (Å²) in [7, 11) is 1.54. The van der Waals surface area contributed by atoms with Gasteiger partial charge in [-0.15, -0.1) is 11.3 Å². The van der Waals surface area contributed by atoms with Gasteiger partial charge in [0.05, 0.1) is 29.8 Å². The van der Waals surface area contributed by atoms with Gasteiger partial charge in [-0.2, -0.15) is 0 Å². The van der Waals surface area contributed by atoms with Gasteiger partial charge in [-0.3, -0.25) is 9.59 Å². The molecular formula is C17H19N3O3S. The molecule has 2 aromatic rings. The molecule has 24 heavy (non-hydrogen) atoms. The number of rotatable bonds is 4. The van der Waals surface area contributed by atoms with Crippen LogP contribution in [-0.4, -0.2) is 41.9 Å². The smallest absolute Gasteiger partial charge is 0.263 e. The molecule has 7 heteroatoms. The van der Waals surface area contributed by atoms with Gasteiger partial charge in [-0.1, -0.05) is 6.07 Å². The van der Waals surface area contributed by atoms with Crippen LogP contribution < -0.4 is 10.1 Å². The van der Waals surface area contributed by atoms with Crippen LogP contribution in [0, 0.1) is 5.92 Å². The Hall–Kier alpha value is -2.41. The van der Waals surface area contributed by atoms with Crippen molar-refractivity contribution in [2.75, 3.05) is 25.5 Å². The lowest BCUT2D eigenvalue weighted by Gasteiger charge is -2.31. The lowest BCUT2D eigenvalue weighted by Crippen LogP contribution is -2.43. The van der Waals surface area contributed by atoms with E-state index in [9.17, 15) is 9.59 Å². The van der Waals surface area contributed by atoms with Crippen molar-refractivity contribution in [3.8, 4) is 5.88 Å². The minimum absolute atomic E-state index is 0.00798. The summed E-state index contributed by atoms with van der Waals surface area (Å²) in [5.74, 6) is 0.224. The third kappa shape index (κ3) is 3.73. The van der Waals surface area contributed by atoms with Crippen LogP contribution in [0.1, 0.15) is 22.5 Å². The fourth-order valence-electron chi connectivity index (χ4n) is 2.75. The summed E-state index contributed by atoms with van der Waals surface area (Å²) in [5, 5.41) is 4.75. The van der Waals surface area contributed by atoms with Gasteiger partial charge < -0.3 is 15.0 Å². The zero-order valence-corrected chi connectivity index (χ0v) is 14.2. The summed E-state index contributed by atoms with van der Waals surface area (Å²) in [4.78, 5) is 31.5. The minimum atomic E-state index is -0.204. The second-order valence-corrected chi connectivity index (χ2v) is 6.59. The van der Waals surface area contributed by atoms with Crippen molar-refractivity contribution in [2.24, 2.45) is 5.92 Å². The van der Waals surface area contributed by atoms with Crippen molar-refractivity contribution in [3.63, 3.8) is 0 Å². The summed E-state index contributed by atoms with van der Waals surface area (Å²) >= 11 is 1.43. The molecule has 0 aromatic carbocycles. The number of likely N-dealkylation sites (tertiary alicyclic amines) is 1. The second-order valence-electron chi connectivity index (χ2n) is 5.65. The van der Waals surface area contributed by atoms with Gasteiger partial charge in [0, 0.05) is 19.2 Å². The van der Waals surface area contributed by atoms with Crippen molar-refractivity contribution in [1.82, 2.24) is 9.88 Å². The molecule has 3 heterocycles. The third-order valence-electron chi connectivity index (χ3n) is 4.02. The van der Waals surface area contributed by atoms with E-state index in [-0.39, 0.29) is 17.7 Å². The number of ether oxygens (including phenoxy) is 1. The first-order valence-electron chi connectivity index (χ1n) is 7.81. The lowest BCUT2D eigenvalue weighted by atomic mass is 9.97. The highest BCUT2D eigenvalue weighted by molar-refractivity contribution is 7.12. The molecule has 0 spiro atoms. The first-order valence-corrected chi connectivity index (χ1v) is 8.69. The number of hydrogen-bond acceptors (Lipinski definition) is 5. The number of nitrogens with one attached hydrogen (secondary N) is 1. The number of amides is 2. The van der Waals surface area contributed by atoms with E-state index in [0.717, 1.165) is 17.7 Å². The van der Waals surface area contributed by atoms with Crippen LogP contribution in [0.3, 0.4) is 0 Å². The molecule has 0 radical (unpaired) electrons. The number of methoxy groups -OCH3 is 1. The highest BCUT2D eigenvalue weighted by Crippen LogP contribution is 2.22. The molecule has 0 aliphatic carbocycles. The number of thiophene rings is 1. The Morgan fingerprint density at radius 1 is 1.38 bits per heavy atom. The van der Waals surface area contributed by atoms with E-state index in [0.29, 0.717) is 24.7 Å². The number of carbonyl (C=O) groups excluding carboxylic acids is 2. The summed E-state index contributed by atoms with van der Waals surface area (Å²) in [6.45, 7) is 1.15. The Kier molecular flexibility index (Phi) is 5.10. The average molecular weight is 345 g/mol. The molecule has 1 aliphatic rings. The van der Waals surface area contributed by atoms with E-state index in [2.05, 4.69) is 10.3 Å². The van der Waals surface area contributed by atoms with Crippen LogP contribution in [-0.2, 0) is 4.79 Å². The van der Waals surface area contributed by atoms with Gasteiger partial charge in [0.1, 0.15) is 0 Å². The van der Waals surface area contributed by atoms with Crippen LogP contribution in [0.15, 0.2) is 35.8 Å². The monoisotopic (exact) mass is 345 g/mol. The van der Waals surface area contributed by atoms with Crippen LogP contribution in [0.25, 0.3) is 0 Å². The highest BCUT2D eigenvalue weighted by atomic mass is 32.1. The number of nitrogens with zero attached hydrogens (tertiary/aromatic N) is 2. The van der Waals surface area contributed by atoms with Gasteiger partial charge >= 0.3 is 0 Å². The maximum atomic E-state index is 12.5. The number of aromatic nitrogens is 1. The van der Waals surface area contributed by atoms with Gasteiger partial charge in [0.25, 0.3) is 5.91 Å². The highest BCUT2D eigenvalue weighted by Gasteiger charge is 2.29. The van der Waals surface area contributed by atoms with E-state index in [4.69, 9.17) is 4.74 Å². The van der Waals surface area contributed by atoms with E-state index in [1.807, 2.05) is 17.5 Å². The first-order chi connectivity index (χ1) is 11.7. The Labute approximate surface area is 144 Å². The molecule has 6 nitrogen and oxygen atoms in total. The van der Waals surface area contributed by atoms with E-state index < -0.39 is 0 Å². The Bertz CT molecular complexity index is 700. The van der Waals surface area contributed by atoms with Crippen molar-refractivity contribution < 1.29 is 14.3 Å². The van der Waals surface area contributed by atoms with E-state index in [1.54, 1.807) is 30.3 Å². The zero-order valence-electron chi connectivity index (χ0n) is 13.4. The van der Waals surface area contributed by atoms with E-state index in [1.165, 1.54) is 11.3 Å². The average Bonchev–Trinajstić information content (AvgIpc) is 3.16. The zero-order chi connectivity index (χ0) is 16.9. The third-order valence-corrected chi connectivity index (χ3v) is 4.88. The Morgan fingerprint density at radius 2 is 2.25 bits per heavy atom. The van der Waals surface area contributed by atoms with Crippen LogP contribution >= 0.6 is 11.3 Å². The van der Waals surface area contributed by atoms with Gasteiger partial charge in [-0.05, 0) is 30.4 Å². The maximum absolute atomic E-state index is 12.5. The second kappa shape index (κ2) is 7.44. The van der Waals surface area contributed by atoms with Crippen molar-refractivity contribution >= 4 is 28.8 Å². The molecule has 2 amide bonds. The van der Waals surface area contributed by atoms with Crippen molar-refractivity contribution in [3.05, 3.63) is 40.7 Å². The predicted molar refractivity (Wildman–Crippen MR) is 92.4 cm³/mol. The molecule has 0 unspecified atom stereocenters. The molecule has 1 N–H and O–H groups in total. The standard InChI is InChI=1S/C17H19N3O3S/c1-23-15-7-6-13(10-18-15)19-16(21)12-4-2-8-20(11-12)17(22)14-5-3-9-24-14/h3,5-7,9-10,12H,2,4,8,11H2,1H3,(H,19,21)/t12-/m1/s1. The predicted octanol–water partition coefficient (Wildman–Crippen LogP) is 2.64. The maximum Gasteiger partial charge on any atom is 0.263 e. The number of hydrogen-bond donors (Lipinski definition) is 1. The van der Waals surface area contributed by atoms with Gasteiger partial charge in [0.2, 0.25) is 11.8 Å². The fourth-order valence-corrected chi connectivity index (χ4v) is 3.44. The van der Waals surface area contributed by atoms with E-state index >= 15 is 0 Å². The molecule has 1 aliphatic heterocycles. The molecule has 126 valence electrons. The number of pyridine rings is 1. The van der Waals surface area contributed by atoms with Crippen molar-refractivity contribution in [1.29, 1.82) is 0 Å². The topological polar surface area (TPSA) is 71.5 Å². The van der Waals surface area contributed by atoms with Gasteiger partial charge in [-0.25, -0.2) is 4.98 Å². The largest absolute Gasteiger partial charge is 0.481 e. The lowest BCUT2D eigenvalue weighted by molar-refractivity contribution is -0.121. The SMILES string of the molecule is COc1ccc(NC(=O)[C@@H]2CCCN(C(=O)c3cccs3)C2)cn1. The quantitative estimate of drug-likeness (QED) is 0.925. The summed E-state index contributed by atoms with van der Waals surface area (Å²) in [5.41, 5.74) is 0.627. The van der Waals surface area contributed by atoms with Crippen LogP contribution in [0.4, 0.5) is 5.69 Å². The Balaban J connectivity index is 1.61. The summed E-state index contributed by atoms with van der Waals surface area (Å²) in [6, 6.07) is 7.13. The molecule has 1 fully saturated rings. The number of carbonyl (C=O) groups is 2. The minimum Gasteiger partial charge on any atom is -0.481 e. The Morgan fingerprint density at radius 3 is 2.92 bits per heavy atom. The molecular weight excluding hydrogens is 326 g/mol. The van der Waals surface area contributed by atoms with Crippen LogP contribution in [0.2, 0.25) is 0 Å². The normalized spacial score (nSPS) is 17.4. The molecule has 0 bridgehead atoms. The number of anilines is 1.